The molecule has 0 N–H and O–H groups in total. The number of carbonyl (C=O) groups is 1. The molecule has 3 rings (SSSR count). The summed E-state index contributed by atoms with van der Waals surface area (Å²) < 4.78 is 6.07. The highest BCUT2D eigenvalue weighted by Crippen LogP contribution is 2.26. The molecular formula is C19H12BrNO2. The van der Waals surface area contributed by atoms with E-state index < -0.39 is 5.97 Å². The van der Waals surface area contributed by atoms with E-state index in [9.17, 15) is 4.79 Å². The minimum absolute atomic E-state index is 0.0525. The van der Waals surface area contributed by atoms with E-state index in [0.717, 1.165) is 20.9 Å². The fourth-order valence-corrected chi connectivity index (χ4v) is 2.56. The van der Waals surface area contributed by atoms with Gasteiger partial charge >= 0.3 is 5.97 Å². The van der Waals surface area contributed by atoms with Gasteiger partial charge in [0.2, 0.25) is 0 Å². The highest BCUT2D eigenvalue weighted by molar-refractivity contribution is 9.10. The monoisotopic (exact) mass is 365 g/mol. The number of nitrogens with zero attached hydrogens (tertiary/aromatic N) is 1. The van der Waals surface area contributed by atoms with Crippen LogP contribution in [0.4, 0.5) is 0 Å². The van der Waals surface area contributed by atoms with Gasteiger partial charge < -0.3 is 4.74 Å². The Morgan fingerprint density at radius 3 is 2.65 bits per heavy atom. The van der Waals surface area contributed by atoms with Crippen molar-refractivity contribution in [3.05, 3.63) is 64.6 Å². The fraction of sp³-hybridized carbons (Fsp3) is 0.0526. The van der Waals surface area contributed by atoms with Crippen molar-refractivity contribution in [2.24, 2.45) is 0 Å². The van der Waals surface area contributed by atoms with Crippen LogP contribution in [0.15, 0.2) is 59.1 Å². The lowest BCUT2D eigenvalue weighted by Gasteiger charge is -2.09. The van der Waals surface area contributed by atoms with Gasteiger partial charge in [-0.25, -0.2) is 9.78 Å². The zero-order valence-corrected chi connectivity index (χ0v) is 13.7. The number of fused-ring (bicyclic) bond motifs is 1. The number of benzene rings is 2. The number of terminal acetylenes is 1. The summed E-state index contributed by atoms with van der Waals surface area (Å²) in [5.41, 5.74) is 2.83. The highest BCUT2D eigenvalue weighted by atomic mass is 79.9. The second-order valence-corrected chi connectivity index (χ2v) is 5.78. The number of hydrogen-bond acceptors (Lipinski definition) is 3. The lowest BCUT2D eigenvalue weighted by Crippen LogP contribution is -2.07. The third kappa shape index (κ3) is 3.25. The van der Waals surface area contributed by atoms with Crippen LogP contribution in [0.5, 0.6) is 0 Å². The molecule has 3 aromatic rings. The Kier molecular flexibility index (Phi) is 4.40. The number of pyridine rings is 1. The molecule has 4 heteroatoms. The van der Waals surface area contributed by atoms with Crippen LogP contribution in [-0.2, 0) is 4.74 Å². The Morgan fingerprint density at radius 1 is 1.17 bits per heavy atom. The van der Waals surface area contributed by atoms with Crippen molar-refractivity contribution in [2.75, 3.05) is 6.61 Å². The predicted molar refractivity (Wildman–Crippen MR) is 94.0 cm³/mol. The van der Waals surface area contributed by atoms with Gasteiger partial charge in [0.15, 0.2) is 6.61 Å². The van der Waals surface area contributed by atoms with Gasteiger partial charge in [0.25, 0.3) is 0 Å². The molecule has 112 valence electrons. The average Bonchev–Trinajstić information content (AvgIpc) is 2.59. The molecule has 0 fully saturated rings. The van der Waals surface area contributed by atoms with Crippen LogP contribution in [0.3, 0.4) is 0 Å². The molecule has 0 aliphatic heterocycles. The molecule has 0 aliphatic carbocycles. The van der Waals surface area contributed by atoms with Crippen molar-refractivity contribution in [1.29, 1.82) is 0 Å². The van der Waals surface area contributed by atoms with Crippen LogP contribution in [-0.4, -0.2) is 17.6 Å². The predicted octanol–water partition coefficient (Wildman–Crippen LogP) is 4.45. The zero-order valence-electron chi connectivity index (χ0n) is 12.1. The Hall–Kier alpha value is -2.64. The molecule has 3 nitrogen and oxygen atoms in total. The SMILES string of the molecule is C#CCOC(=O)c1cc(-c2ccc(Br)cc2)nc2ccccc12. The normalized spacial score (nSPS) is 10.3. The maximum Gasteiger partial charge on any atom is 0.339 e. The molecule has 23 heavy (non-hydrogen) atoms. The number of rotatable bonds is 3. The molecule has 1 aromatic heterocycles. The van der Waals surface area contributed by atoms with E-state index in [4.69, 9.17) is 11.2 Å². The standard InChI is InChI=1S/C19H12BrNO2/c1-2-11-23-19(22)16-12-18(13-7-9-14(20)10-8-13)21-17-6-4-3-5-15(16)17/h1,3-10,12H,11H2. The summed E-state index contributed by atoms with van der Waals surface area (Å²) in [6.45, 7) is -0.0525. The molecule has 0 unspecified atom stereocenters. The molecule has 0 atom stereocenters. The molecule has 0 bridgehead atoms. The quantitative estimate of drug-likeness (QED) is 0.508. The van der Waals surface area contributed by atoms with Gasteiger partial charge in [0.1, 0.15) is 0 Å². The Labute approximate surface area is 142 Å². The number of para-hydroxylation sites is 1. The largest absolute Gasteiger partial charge is 0.449 e. The Morgan fingerprint density at radius 2 is 1.91 bits per heavy atom. The summed E-state index contributed by atoms with van der Waals surface area (Å²) in [6, 6.07) is 17.0. The first-order chi connectivity index (χ1) is 11.2. The Balaban J connectivity index is 2.15. The smallest absolute Gasteiger partial charge is 0.339 e. The highest BCUT2D eigenvalue weighted by Gasteiger charge is 2.14. The van der Waals surface area contributed by atoms with Crippen LogP contribution in [0.25, 0.3) is 22.2 Å². The molecule has 0 radical (unpaired) electrons. The summed E-state index contributed by atoms with van der Waals surface area (Å²) in [5, 5.41) is 0.746. The number of aromatic nitrogens is 1. The number of esters is 1. The number of halogens is 1. The van der Waals surface area contributed by atoms with Crippen molar-refractivity contribution in [2.45, 2.75) is 0 Å². The number of ether oxygens (including phenoxy) is 1. The molecule has 0 saturated carbocycles. The van der Waals surface area contributed by atoms with E-state index in [2.05, 4.69) is 26.8 Å². The third-order valence-corrected chi connectivity index (χ3v) is 3.89. The summed E-state index contributed by atoms with van der Waals surface area (Å²) in [6.07, 6.45) is 5.16. The van der Waals surface area contributed by atoms with Gasteiger partial charge in [-0.3, -0.25) is 0 Å². The van der Waals surface area contributed by atoms with E-state index in [0.29, 0.717) is 11.3 Å². The average molecular weight is 366 g/mol. The van der Waals surface area contributed by atoms with Gasteiger partial charge in [-0.1, -0.05) is 52.2 Å². The molecule has 1 heterocycles. The fourth-order valence-electron chi connectivity index (χ4n) is 2.30. The Bertz CT molecular complexity index is 911. The minimum atomic E-state index is -0.445. The number of hydrogen-bond donors (Lipinski definition) is 0. The van der Waals surface area contributed by atoms with E-state index in [1.165, 1.54) is 0 Å². The molecule has 0 saturated heterocycles. The number of carbonyl (C=O) groups excluding carboxylic acids is 1. The van der Waals surface area contributed by atoms with Crippen LogP contribution in [0.2, 0.25) is 0 Å². The van der Waals surface area contributed by atoms with Crippen molar-refractivity contribution < 1.29 is 9.53 Å². The summed E-state index contributed by atoms with van der Waals surface area (Å²) in [7, 11) is 0. The lowest BCUT2D eigenvalue weighted by molar-refractivity contribution is 0.0559. The van der Waals surface area contributed by atoms with Crippen LogP contribution < -0.4 is 0 Å². The molecule has 0 aliphatic rings. The maximum absolute atomic E-state index is 12.3. The zero-order chi connectivity index (χ0) is 16.2. The van der Waals surface area contributed by atoms with Crippen molar-refractivity contribution >= 4 is 32.8 Å². The van der Waals surface area contributed by atoms with Crippen molar-refractivity contribution in [1.82, 2.24) is 4.98 Å². The minimum Gasteiger partial charge on any atom is -0.449 e. The maximum atomic E-state index is 12.3. The van der Waals surface area contributed by atoms with E-state index in [-0.39, 0.29) is 6.61 Å². The van der Waals surface area contributed by atoms with Crippen LogP contribution in [0.1, 0.15) is 10.4 Å². The third-order valence-electron chi connectivity index (χ3n) is 3.36. The van der Waals surface area contributed by atoms with Gasteiger partial charge in [0.05, 0.1) is 16.8 Å². The second-order valence-electron chi connectivity index (χ2n) is 4.86. The lowest BCUT2D eigenvalue weighted by atomic mass is 10.0. The van der Waals surface area contributed by atoms with E-state index in [1.54, 1.807) is 6.07 Å². The first kappa shape index (κ1) is 15.3. The molecule has 2 aromatic carbocycles. The first-order valence-corrected chi connectivity index (χ1v) is 7.74. The van der Waals surface area contributed by atoms with Crippen molar-refractivity contribution in [3.8, 4) is 23.6 Å². The summed E-state index contributed by atoms with van der Waals surface area (Å²) in [4.78, 5) is 16.9. The first-order valence-electron chi connectivity index (χ1n) is 6.95. The second kappa shape index (κ2) is 6.64. The molecular weight excluding hydrogens is 354 g/mol. The van der Waals surface area contributed by atoms with Crippen LogP contribution >= 0.6 is 15.9 Å². The van der Waals surface area contributed by atoms with E-state index in [1.807, 2.05) is 48.5 Å². The van der Waals surface area contributed by atoms with Gasteiger partial charge in [0, 0.05) is 15.4 Å². The topological polar surface area (TPSA) is 39.2 Å². The van der Waals surface area contributed by atoms with Gasteiger partial charge in [-0.2, -0.15) is 0 Å². The summed E-state index contributed by atoms with van der Waals surface area (Å²) in [5.74, 6) is 1.86. The van der Waals surface area contributed by atoms with Gasteiger partial charge in [-0.05, 0) is 24.3 Å². The van der Waals surface area contributed by atoms with Gasteiger partial charge in [-0.15, -0.1) is 6.42 Å². The van der Waals surface area contributed by atoms with Crippen LogP contribution in [0, 0.1) is 12.3 Å². The molecule has 0 amide bonds. The van der Waals surface area contributed by atoms with E-state index >= 15 is 0 Å². The summed E-state index contributed by atoms with van der Waals surface area (Å²) >= 11 is 3.41. The molecule has 0 spiro atoms. The van der Waals surface area contributed by atoms with Crippen molar-refractivity contribution in [3.63, 3.8) is 0 Å².